The van der Waals surface area contributed by atoms with E-state index in [9.17, 15) is 4.79 Å². The van der Waals surface area contributed by atoms with Gasteiger partial charge in [0.2, 0.25) is 5.12 Å². The van der Waals surface area contributed by atoms with Gasteiger partial charge in [-0.25, -0.2) is 4.99 Å². The molecule has 1 aromatic rings. The first-order chi connectivity index (χ1) is 8.70. The molecule has 5 heteroatoms. The van der Waals surface area contributed by atoms with E-state index < -0.39 is 0 Å². The predicted octanol–water partition coefficient (Wildman–Crippen LogP) is 4.56. The Bertz CT molecular complexity index is 525. The Labute approximate surface area is 123 Å². The maximum Gasteiger partial charge on any atom is 0.244 e. The fourth-order valence-electron chi connectivity index (χ4n) is 1.38. The Balaban J connectivity index is 2.20. The van der Waals surface area contributed by atoms with E-state index in [2.05, 4.69) is 27.8 Å². The van der Waals surface area contributed by atoms with Crippen LogP contribution >= 0.6 is 39.5 Å². The summed E-state index contributed by atoms with van der Waals surface area (Å²) >= 11 is 6.34. The van der Waals surface area contributed by atoms with Gasteiger partial charge in [0.05, 0.1) is 0 Å². The van der Waals surface area contributed by atoms with Gasteiger partial charge in [0.1, 0.15) is 10.1 Å². The zero-order valence-corrected chi connectivity index (χ0v) is 13.1. The van der Waals surface area contributed by atoms with Gasteiger partial charge in [0.25, 0.3) is 0 Å². The van der Waals surface area contributed by atoms with E-state index in [4.69, 9.17) is 0 Å². The second-order valence-corrected chi connectivity index (χ2v) is 6.82. The highest BCUT2D eigenvalue weighted by Gasteiger charge is 2.22. The van der Waals surface area contributed by atoms with Gasteiger partial charge in [-0.2, -0.15) is 0 Å². The molecule has 0 saturated heterocycles. The first-order valence-corrected chi connectivity index (χ1v) is 8.20. The largest absolute Gasteiger partial charge is 0.279 e. The van der Waals surface area contributed by atoms with E-state index in [1.54, 1.807) is 11.8 Å². The maximum atomic E-state index is 11.8. The third kappa shape index (κ3) is 3.49. The van der Waals surface area contributed by atoms with Gasteiger partial charge in [0.15, 0.2) is 0 Å². The lowest BCUT2D eigenvalue weighted by molar-refractivity contribution is -0.107. The summed E-state index contributed by atoms with van der Waals surface area (Å²) in [7, 11) is 0. The highest BCUT2D eigenvalue weighted by atomic mass is 79.9. The van der Waals surface area contributed by atoms with Crippen molar-refractivity contribution in [3.05, 3.63) is 40.0 Å². The zero-order valence-electron chi connectivity index (χ0n) is 9.85. The van der Waals surface area contributed by atoms with Crippen LogP contribution in [0.5, 0.6) is 0 Å². The molecule has 1 heterocycles. The molecule has 94 valence electrons. The molecular weight excluding hydrogens is 330 g/mol. The van der Waals surface area contributed by atoms with Crippen LogP contribution in [0.25, 0.3) is 6.08 Å². The molecule has 1 aliphatic rings. The average molecular weight is 342 g/mol. The highest BCUT2D eigenvalue weighted by Crippen LogP contribution is 2.32. The Morgan fingerprint density at radius 2 is 2.22 bits per heavy atom. The molecule has 0 spiro atoms. The third-order valence-electron chi connectivity index (χ3n) is 2.23. The van der Waals surface area contributed by atoms with Crippen molar-refractivity contribution in [2.45, 2.75) is 13.3 Å². The molecule has 0 radical (unpaired) electrons. The van der Waals surface area contributed by atoms with Crippen LogP contribution < -0.4 is 0 Å². The highest BCUT2D eigenvalue weighted by molar-refractivity contribution is 9.10. The van der Waals surface area contributed by atoms with Crippen LogP contribution in [0.1, 0.15) is 18.9 Å². The van der Waals surface area contributed by atoms with Crippen molar-refractivity contribution in [3.63, 3.8) is 0 Å². The number of halogens is 1. The van der Waals surface area contributed by atoms with E-state index in [1.165, 1.54) is 11.8 Å². The van der Waals surface area contributed by atoms with Gasteiger partial charge in [-0.3, -0.25) is 4.79 Å². The van der Waals surface area contributed by atoms with Crippen molar-refractivity contribution in [3.8, 4) is 0 Å². The lowest BCUT2D eigenvalue weighted by Crippen LogP contribution is -1.88. The first-order valence-electron chi connectivity index (χ1n) is 5.60. The van der Waals surface area contributed by atoms with Gasteiger partial charge in [0, 0.05) is 4.47 Å². The molecule has 0 unspecified atom stereocenters. The molecule has 1 aromatic carbocycles. The molecule has 1 aliphatic heterocycles. The second-order valence-electron chi connectivity index (χ2n) is 3.67. The number of nitrogens with zero attached hydrogens (tertiary/aromatic N) is 1. The summed E-state index contributed by atoms with van der Waals surface area (Å²) in [4.78, 5) is 16.2. The lowest BCUT2D eigenvalue weighted by atomic mass is 10.2. The number of carbonyl (C=O) groups excluding carboxylic acids is 1. The van der Waals surface area contributed by atoms with Crippen LogP contribution in [-0.4, -0.2) is 15.2 Å². The Kier molecular flexibility index (Phi) is 5.09. The SMILES string of the molecule is CCCSC1=N/C(=C/c2ccccc2Br)C(=O)S1. The predicted molar refractivity (Wildman–Crippen MR) is 84.9 cm³/mol. The molecule has 0 N–H and O–H groups in total. The van der Waals surface area contributed by atoms with Crippen molar-refractivity contribution in [1.29, 1.82) is 0 Å². The summed E-state index contributed by atoms with van der Waals surface area (Å²) in [5.41, 5.74) is 1.51. The molecule has 18 heavy (non-hydrogen) atoms. The van der Waals surface area contributed by atoms with Crippen LogP contribution in [0.2, 0.25) is 0 Å². The molecule has 0 bridgehead atoms. The summed E-state index contributed by atoms with van der Waals surface area (Å²) in [5, 5.41) is 0.0318. The maximum absolute atomic E-state index is 11.8. The number of thioether (sulfide) groups is 2. The Hall–Kier alpha value is -0.520. The number of hydrogen-bond acceptors (Lipinski definition) is 4. The average Bonchev–Trinajstić information content (AvgIpc) is 2.70. The van der Waals surface area contributed by atoms with Gasteiger partial charge in [-0.15, -0.1) is 0 Å². The monoisotopic (exact) mass is 341 g/mol. The molecule has 2 rings (SSSR count). The summed E-state index contributed by atoms with van der Waals surface area (Å²) in [6, 6.07) is 7.81. The molecule has 0 saturated carbocycles. The minimum Gasteiger partial charge on any atom is -0.279 e. The summed E-state index contributed by atoms with van der Waals surface area (Å²) in [5.74, 6) is 1.00. The van der Waals surface area contributed by atoms with Gasteiger partial charge in [-0.05, 0) is 41.6 Å². The van der Waals surface area contributed by atoms with Gasteiger partial charge in [-0.1, -0.05) is 52.8 Å². The summed E-state index contributed by atoms with van der Waals surface area (Å²) in [6.45, 7) is 2.12. The molecule has 0 aliphatic carbocycles. The van der Waals surface area contributed by atoms with Crippen molar-refractivity contribution in [1.82, 2.24) is 0 Å². The van der Waals surface area contributed by atoms with E-state index in [-0.39, 0.29) is 5.12 Å². The van der Waals surface area contributed by atoms with E-state index in [0.29, 0.717) is 5.70 Å². The smallest absolute Gasteiger partial charge is 0.244 e. The minimum absolute atomic E-state index is 0.0318. The van der Waals surface area contributed by atoms with E-state index in [0.717, 1.165) is 26.6 Å². The van der Waals surface area contributed by atoms with Gasteiger partial charge < -0.3 is 0 Å². The quantitative estimate of drug-likeness (QED) is 0.754. The molecule has 0 atom stereocenters. The van der Waals surface area contributed by atoms with Gasteiger partial charge >= 0.3 is 0 Å². The first kappa shape index (κ1) is 13.9. The fraction of sp³-hybridized carbons (Fsp3) is 0.231. The van der Waals surface area contributed by atoms with Crippen molar-refractivity contribution in [2.75, 3.05) is 5.75 Å². The molecule has 2 nitrogen and oxygen atoms in total. The Morgan fingerprint density at radius 1 is 1.44 bits per heavy atom. The topological polar surface area (TPSA) is 29.4 Å². The number of aliphatic imine (C=N–C) groups is 1. The molecule has 0 fully saturated rings. The van der Waals surface area contributed by atoms with Crippen LogP contribution in [0.15, 0.2) is 39.4 Å². The normalized spacial score (nSPS) is 17.3. The van der Waals surface area contributed by atoms with Crippen LogP contribution in [0, 0.1) is 0 Å². The molecular formula is C13H12BrNOS2. The van der Waals surface area contributed by atoms with E-state index >= 15 is 0 Å². The van der Waals surface area contributed by atoms with Crippen LogP contribution in [0.4, 0.5) is 0 Å². The van der Waals surface area contributed by atoms with Crippen molar-refractivity contribution >= 4 is 55.0 Å². The zero-order chi connectivity index (χ0) is 13.0. The van der Waals surface area contributed by atoms with E-state index in [1.807, 2.05) is 30.3 Å². The summed E-state index contributed by atoms with van der Waals surface area (Å²) < 4.78 is 1.83. The minimum atomic E-state index is 0.0318. The van der Waals surface area contributed by atoms with Crippen LogP contribution in [-0.2, 0) is 4.79 Å². The third-order valence-corrected chi connectivity index (χ3v) is 5.16. The second kappa shape index (κ2) is 6.59. The fourth-order valence-corrected chi connectivity index (χ4v) is 3.55. The standard InChI is InChI=1S/C13H12BrNOS2/c1-2-7-17-13-15-11(12(16)18-13)8-9-5-3-4-6-10(9)14/h3-6,8H,2,7H2,1H3/b11-8+. The lowest BCUT2D eigenvalue weighted by Gasteiger charge is -1.97. The number of hydrogen-bond donors (Lipinski definition) is 0. The summed E-state index contributed by atoms with van der Waals surface area (Å²) in [6.07, 6.45) is 2.92. The van der Waals surface area contributed by atoms with Crippen LogP contribution in [0.3, 0.4) is 0 Å². The Morgan fingerprint density at radius 3 is 2.94 bits per heavy atom. The number of rotatable bonds is 3. The van der Waals surface area contributed by atoms with Crippen molar-refractivity contribution < 1.29 is 4.79 Å². The van der Waals surface area contributed by atoms with Crippen molar-refractivity contribution in [2.24, 2.45) is 4.99 Å². The molecule has 0 aromatic heterocycles. The number of benzene rings is 1. The molecule has 0 amide bonds. The number of carbonyl (C=O) groups is 1.